The Morgan fingerprint density at radius 2 is 1.88 bits per heavy atom. The highest BCUT2D eigenvalue weighted by atomic mass is 19.1. The van der Waals surface area contributed by atoms with Crippen molar-refractivity contribution in [2.24, 2.45) is 0 Å². The number of hydrogen-bond donors (Lipinski definition) is 3. The van der Waals surface area contributed by atoms with Crippen LogP contribution in [0.1, 0.15) is 10.4 Å². The molecule has 1 aliphatic heterocycles. The maximum absolute atomic E-state index is 13.3. The lowest BCUT2D eigenvalue weighted by atomic mass is 10.0. The number of carbonyl (C=O) groups is 2. The molecule has 6 heteroatoms. The molecule has 2 aromatic carbocycles. The molecule has 132 valence electrons. The van der Waals surface area contributed by atoms with Crippen molar-refractivity contribution >= 4 is 22.6 Å². The summed E-state index contributed by atoms with van der Waals surface area (Å²) in [4.78, 5) is 28.9. The van der Waals surface area contributed by atoms with Gasteiger partial charge in [0.2, 0.25) is 5.78 Å². The number of ketones is 1. The van der Waals surface area contributed by atoms with Crippen molar-refractivity contribution in [3.05, 3.63) is 59.9 Å². The van der Waals surface area contributed by atoms with Crippen LogP contribution in [0.25, 0.3) is 22.2 Å². The van der Waals surface area contributed by atoms with Crippen LogP contribution in [0, 0.1) is 5.82 Å². The van der Waals surface area contributed by atoms with Gasteiger partial charge in [0.05, 0.1) is 24.3 Å². The molecular weight excluding hydrogens is 333 g/mol. The Balaban J connectivity index is 1.74. The van der Waals surface area contributed by atoms with Crippen LogP contribution < -0.4 is 10.2 Å². The van der Waals surface area contributed by atoms with Gasteiger partial charge in [-0.15, -0.1) is 0 Å². The van der Waals surface area contributed by atoms with Crippen LogP contribution in [0.15, 0.2) is 48.5 Å². The van der Waals surface area contributed by atoms with Gasteiger partial charge in [0.25, 0.3) is 5.91 Å². The van der Waals surface area contributed by atoms with Crippen molar-refractivity contribution in [3.63, 3.8) is 0 Å². The summed E-state index contributed by atoms with van der Waals surface area (Å²) >= 11 is 0. The van der Waals surface area contributed by atoms with E-state index in [0.717, 1.165) is 27.9 Å². The first-order chi connectivity index (χ1) is 12.6. The zero-order valence-electron chi connectivity index (χ0n) is 14.1. The van der Waals surface area contributed by atoms with Crippen LogP contribution in [0.5, 0.6) is 0 Å². The number of H-pyrrole nitrogens is 1. The van der Waals surface area contributed by atoms with Crippen molar-refractivity contribution < 1.29 is 18.9 Å². The summed E-state index contributed by atoms with van der Waals surface area (Å²) in [6, 6.07) is 13.7. The Kier molecular flexibility index (Phi) is 4.26. The lowest BCUT2D eigenvalue weighted by Crippen LogP contribution is -3.16. The molecule has 0 saturated carbocycles. The second-order valence-electron chi connectivity index (χ2n) is 6.55. The Labute approximate surface area is 149 Å². The van der Waals surface area contributed by atoms with Gasteiger partial charge in [-0.1, -0.05) is 18.2 Å². The number of para-hydroxylation sites is 1. The molecule has 2 heterocycles. The maximum atomic E-state index is 13.3. The number of rotatable bonds is 4. The number of fused-ring (bicyclic) bond motifs is 1. The highest BCUT2D eigenvalue weighted by Crippen LogP contribution is 2.30. The molecule has 0 aliphatic carbocycles. The molecule has 1 fully saturated rings. The van der Waals surface area contributed by atoms with Crippen LogP contribution in [-0.2, 0) is 4.79 Å². The number of benzene rings is 2. The molecule has 1 aromatic heterocycles. The molecule has 1 saturated heterocycles. The summed E-state index contributed by atoms with van der Waals surface area (Å²) in [7, 11) is 0. The van der Waals surface area contributed by atoms with Gasteiger partial charge in [0, 0.05) is 10.9 Å². The largest absolute Gasteiger partial charge is 0.354 e. The van der Waals surface area contributed by atoms with Gasteiger partial charge < -0.3 is 15.2 Å². The first-order valence-electron chi connectivity index (χ1n) is 8.62. The van der Waals surface area contributed by atoms with Gasteiger partial charge in [-0.2, -0.15) is 0 Å². The summed E-state index contributed by atoms with van der Waals surface area (Å²) in [5, 5.41) is 3.62. The molecule has 1 atom stereocenters. The van der Waals surface area contributed by atoms with Gasteiger partial charge in [-0.3, -0.25) is 9.59 Å². The van der Waals surface area contributed by atoms with E-state index in [0.29, 0.717) is 24.3 Å². The summed E-state index contributed by atoms with van der Waals surface area (Å²) < 4.78 is 13.3. The summed E-state index contributed by atoms with van der Waals surface area (Å²) in [5.41, 5.74) is 2.92. The normalized spacial score (nSPS) is 17.3. The van der Waals surface area contributed by atoms with E-state index in [4.69, 9.17) is 0 Å². The zero-order valence-corrected chi connectivity index (χ0v) is 14.1. The molecule has 0 spiro atoms. The van der Waals surface area contributed by atoms with E-state index in [1.165, 1.54) is 12.1 Å². The van der Waals surface area contributed by atoms with Gasteiger partial charge in [-0.05, 0) is 35.9 Å². The topological polar surface area (TPSA) is 66.4 Å². The highest BCUT2D eigenvalue weighted by molar-refractivity contribution is 6.13. The third-order valence-electron chi connectivity index (χ3n) is 4.74. The van der Waals surface area contributed by atoms with Crippen molar-refractivity contribution in [2.45, 2.75) is 0 Å². The molecule has 0 bridgehead atoms. The molecule has 5 nitrogen and oxygen atoms in total. The smallest absolute Gasteiger partial charge is 0.275 e. The maximum Gasteiger partial charge on any atom is 0.275 e. The van der Waals surface area contributed by atoms with Crippen LogP contribution in [0.3, 0.4) is 0 Å². The number of halogens is 1. The molecular formula is C20H19FN3O2+. The SMILES string of the molecule is O=C1C[NH+](CC(=O)c2c(-c3ccc(F)cc3)[nH]c3ccccc23)CCN1. The number of hydrogen-bond acceptors (Lipinski definition) is 2. The number of quaternary nitrogens is 1. The van der Waals surface area contributed by atoms with Crippen molar-refractivity contribution in [1.82, 2.24) is 10.3 Å². The third-order valence-corrected chi connectivity index (χ3v) is 4.74. The molecule has 4 rings (SSSR count). The average molecular weight is 352 g/mol. The fourth-order valence-electron chi connectivity index (χ4n) is 3.49. The standard InChI is InChI=1S/C20H18FN3O2/c21-14-7-5-13(6-8-14)20-19(15-3-1-2-4-16(15)23-20)17(25)11-24-10-9-22-18(26)12-24/h1-8,23H,9-12H2,(H,22,26)/p+1. The first kappa shape index (κ1) is 16.5. The van der Waals surface area contributed by atoms with Gasteiger partial charge >= 0.3 is 0 Å². The number of nitrogens with one attached hydrogen (secondary N) is 3. The van der Waals surface area contributed by atoms with Crippen LogP contribution >= 0.6 is 0 Å². The molecule has 1 unspecified atom stereocenters. The number of aromatic nitrogens is 1. The van der Waals surface area contributed by atoms with E-state index in [-0.39, 0.29) is 24.1 Å². The number of aromatic amines is 1. The molecule has 0 radical (unpaired) electrons. The highest BCUT2D eigenvalue weighted by Gasteiger charge is 2.26. The van der Waals surface area contributed by atoms with Gasteiger partial charge in [-0.25, -0.2) is 4.39 Å². The summed E-state index contributed by atoms with van der Waals surface area (Å²) in [6.45, 7) is 1.87. The van der Waals surface area contributed by atoms with Crippen molar-refractivity contribution in [2.75, 3.05) is 26.2 Å². The van der Waals surface area contributed by atoms with Crippen LogP contribution in [-0.4, -0.2) is 42.9 Å². The Bertz CT molecular complexity index is 978. The lowest BCUT2D eigenvalue weighted by Gasteiger charge is -2.23. The minimum Gasteiger partial charge on any atom is -0.354 e. The minimum absolute atomic E-state index is 0.0218. The molecule has 3 N–H and O–H groups in total. The Morgan fingerprint density at radius 1 is 1.12 bits per heavy atom. The van der Waals surface area contributed by atoms with Gasteiger partial charge in [0.15, 0.2) is 6.54 Å². The van der Waals surface area contributed by atoms with E-state index in [9.17, 15) is 14.0 Å². The molecule has 1 aliphatic rings. The molecule has 3 aromatic rings. The Morgan fingerprint density at radius 3 is 2.65 bits per heavy atom. The number of carbonyl (C=O) groups excluding carboxylic acids is 2. The predicted molar refractivity (Wildman–Crippen MR) is 96.6 cm³/mol. The number of piperazine rings is 1. The van der Waals surface area contributed by atoms with Crippen LogP contribution in [0.2, 0.25) is 0 Å². The number of amides is 1. The van der Waals surface area contributed by atoms with E-state index >= 15 is 0 Å². The van der Waals surface area contributed by atoms with Crippen LogP contribution in [0.4, 0.5) is 4.39 Å². The van der Waals surface area contributed by atoms with E-state index in [2.05, 4.69) is 10.3 Å². The van der Waals surface area contributed by atoms with Gasteiger partial charge in [0.1, 0.15) is 12.4 Å². The summed E-state index contributed by atoms with van der Waals surface area (Å²) in [5.74, 6) is -0.371. The first-order valence-corrected chi connectivity index (χ1v) is 8.62. The summed E-state index contributed by atoms with van der Waals surface area (Å²) in [6.07, 6.45) is 0. The lowest BCUT2D eigenvalue weighted by molar-refractivity contribution is -0.884. The van der Waals surface area contributed by atoms with E-state index < -0.39 is 0 Å². The monoisotopic (exact) mass is 352 g/mol. The second-order valence-corrected chi connectivity index (χ2v) is 6.55. The fourth-order valence-corrected chi connectivity index (χ4v) is 3.49. The Hall–Kier alpha value is -2.99. The number of Topliss-reactive ketones (excluding diaryl/α,β-unsaturated/α-hetero) is 1. The van der Waals surface area contributed by atoms with Crippen molar-refractivity contribution in [3.8, 4) is 11.3 Å². The molecule has 1 amide bonds. The zero-order chi connectivity index (χ0) is 18.1. The fraction of sp³-hybridized carbons (Fsp3) is 0.200. The van der Waals surface area contributed by atoms with E-state index in [1.54, 1.807) is 12.1 Å². The third kappa shape index (κ3) is 3.11. The molecule has 26 heavy (non-hydrogen) atoms. The van der Waals surface area contributed by atoms with E-state index in [1.807, 2.05) is 24.3 Å². The predicted octanol–water partition coefficient (Wildman–Crippen LogP) is 1.17. The minimum atomic E-state index is -0.318. The average Bonchev–Trinajstić information content (AvgIpc) is 3.02. The quantitative estimate of drug-likeness (QED) is 0.617. The van der Waals surface area contributed by atoms with Crippen molar-refractivity contribution in [1.29, 1.82) is 0 Å². The second kappa shape index (κ2) is 6.72.